The van der Waals surface area contributed by atoms with Crippen LogP contribution in [-0.2, 0) is 0 Å². The molecule has 3 nitrogen and oxygen atoms in total. The lowest BCUT2D eigenvalue weighted by Gasteiger charge is -2.09. The van der Waals surface area contributed by atoms with Crippen LogP contribution in [0.2, 0.25) is 5.15 Å². The average molecular weight is 338 g/mol. The lowest BCUT2D eigenvalue weighted by molar-refractivity contribution is 0.552. The minimum atomic E-state index is 0.538. The fraction of sp³-hybridized carbons (Fsp3) is 0.400. The molecule has 0 saturated heterocycles. The van der Waals surface area contributed by atoms with Gasteiger partial charge in [-0.05, 0) is 42.5 Å². The van der Waals surface area contributed by atoms with Crippen molar-refractivity contribution in [3.8, 4) is 0 Å². The van der Waals surface area contributed by atoms with E-state index in [2.05, 4.69) is 39.5 Å². The van der Waals surface area contributed by atoms with Crippen molar-refractivity contribution >= 4 is 46.2 Å². The van der Waals surface area contributed by atoms with Crippen LogP contribution < -0.4 is 0 Å². The summed E-state index contributed by atoms with van der Waals surface area (Å²) in [7, 11) is 1.98. The molecule has 15 heavy (non-hydrogen) atoms. The number of pyridine rings is 1. The molecule has 0 spiro atoms. The number of halogens is 2. The summed E-state index contributed by atoms with van der Waals surface area (Å²) in [5.41, 5.74) is 1.71. The van der Waals surface area contributed by atoms with E-state index in [9.17, 15) is 0 Å². The minimum Gasteiger partial charge on any atom is -0.366 e. The maximum atomic E-state index is 5.90. The zero-order chi connectivity index (χ0) is 11.4. The Kier molecular flexibility index (Phi) is 4.79. The third-order valence-electron chi connectivity index (χ3n) is 1.99. The molecule has 0 bridgehead atoms. The number of hydrogen-bond acceptors (Lipinski definition) is 2. The van der Waals surface area contributed by atoms with Crippen molar-refractivity contribution < 1.29 is 0 Å². The molecule has 82 valence electrons. The van der Waals surface area contributed by atoms with Crippen LogP contribution in [-0.4, -0.2) is 29.8 Å². The van der Waals surface area contributed by atoms with Crippen molar-refractivity contribution in [3.05, 3.63) is 20.5 Å². The van der Waals surface area contributed by atoms with Crippen LogP contribution in [0.25, 0.3) is 0 Å². The van der Waals surface area contributed by atoms with E-state index in [0.29, 0.717) is 5.15 Å². The Balaban J connectivity index is 2.95. The first-order valence-corrected chi connectivity index (χ1v) is 6.07. The molecule has 1 aromatic heterocycles. The summed E-state index contributed by atoms with van der Waals surface area (Å²) in [4.78, 5) is 10.6. The molecule has 0 atom stereocenters. The zero-order valence-corrected chi connectivity index (χ0v) is 11.9. The van der Waals surface area contributed by atoms with E-state index in [0.717, 1.165) is 21.5 Å². The maximum absolute atomic E-state index is 5.90. The molecular formula is C10H13ClIN3. The molecular weight excluding hydrogens is 324 g/mol. The number of rotatable bonds is 3. The second kappa shape index (κ2) is 5.65. The number of aromatic nitrogens is 1. The van der Waals surface area contributed by atoms with Gasteiger partial charge in [0.1, 0.15) is 5.15 Å². The summed E-state index contributed by atoms with van der Waals surface area (Å²) >= 11 is 8.05. The van der Waals surface area contributed by atoms with Gasteiger partial charge < -0.3 is 4.90 Å². The van der Waals surface area contributed by atoms with Crippen molar-refractivity contribution in [2.45, 2.75) is 13.8 Å². The number of aryl methyl sites for hydroxylation is 1. The predicted molar refractivity (Wildman–Crippen MR) is 73.2 cm³/mol. The lowest BCUT2D eigenvalue weighted by Crippen LogP contribution is -2.14. The maximum Gasteiger partial charge on any atom is 0.142 e. The highest BCUT2D eigenvalue weighted by Gasteiger charge is 2.03. The van der Waals surface area contributed by atoms with E-state index in [1.54, 1.807) is 6.34 Å². The number of aliphatic imine (C=N–C) groups is 1. The third-order valence-corrected chi connectivity index (χ3v) is 3.42. The first kappa shape index (κ1) is 12.7. The molecule has 0 unspecified atom stereocenters. The van der Waals surface area contributed by atoms with Crippen LogP contribution in [0.5, 0.6) is 0 Å². The Labute approximate surface area is 109 Å². The molecule has 0 N–H and O–H groups in total. The summed E-state index contributed by atoms with van der Waals surface area (Å²) in [5, 5.41) is 0.538. The van der Waals surface area contributed by atoms with Crippen LogP contribution in [0.15, 0.2) is 11.1 Å². The van der Waals surface area contributed by atoms with Crippen molar-refractivity contribution in [3.63, 3.8) is 0 Å². The van der Waals surface area contributed by atoms with Gasteiger partial charge in [0.05, 0.1) is 21.3 Å². The lowest BCUT2D eigenvalue weighted by atomic mass is 10.3. The Morgan fingerprint density at radius 2 is 2.33 bits per heavy atom. The topological polar surface area (TPSA) is 28.5 Å². The quantitative estimate of drug-likeness (QED) is 0.366. The fourth-order valence-corrected chi connectivity index (χ4v) is 1.51. The molecule has 0 fully saturated rings. The zero-order valence-electron chi connectivity index (χ0n) is 8.96. The van der Waals surface area contributed by atoms with Gasteiger partial charge in [0.2, 0.25) is 0 Å². The molecule has 0 amide bonds. The van der Waals surface area contributed by atoms with Gasteiger partial charge in [0, 0.05) is 13.6 Å². The van der Waals surface area contributed by atoms with E-state index in [1.165, 1.54) is 0 Å². The van der Waals surface area contributed by atoms with Crippen molar-refractivity contribution in [1.29, 1.82) is 0 Å². The molecule has 0 aliphatic heterocycles. The first-order valence-electron chi connectivity index (χ1n) is 4.61. The normalized spacial score (nSPS) is 11.0. The van der Waals surface area contributed by atoms with Gasteiger partial charge in [-0.1, -0.05) is 11.6 Å². The minimum absolute atomic E-state index is 0.538. The van der Waals surface area contributed by atoms with E-state index in [1.807, 2.05) is 24.9 Å². The summed E-state index contributed by atoms with van der Waals surface area (Å²) in [5.74, 6) is 0. The first-order chi connectivity index (χ1) is 7.04. The summed E-state index contributed by atoms with van der Waals surface area (Å²) in [6.07, 6.45) is 1.80. The average Bonchev–Trinajstić information content (AvgIpc) is 2.21. The molecule has 5 heteroatoms. The predicted octanol–water partition coefficient (Wildman–Crippen LogP) is 3.26. The van der Waals surface area contributed by atoms with Gasteiger partial charge >= 0.3 is 0 Å². The van der Waals surface area contributed by atoms with Crippen molar-refractivity contribution in [2.75, 3.05) is 13.6 Å². The molecule has 0 aliphatic carbocycles. The van der Waals surface area contributed by atoms with Crippen LogP contribution in [0, 0.1) is 10.5 Å². The Morgan fingerprint density at radius 3 is 2.93 bits per heavy atom. The Hall–Kier alpha value is -0.360. The van der Waals surface area contributed by atoms with Gasteiger partial charge in [-0.25, -0.2) is 9.98 Å². The fourth-order valence-electron chi connectivity index (χ4n) is 0.915. The highest BCUT2D eigenvalue weighted by Crippen LogP contribution is 2.24. The molecule has 0 radical (unpaired) electrons. The van der Waals surface area contributed by atoms with E-state index < -0.39 is 0 Å². The van der Waals surface area contributed by atoms with Crippen LogP contribution in [0.4, 0.5) is 5.69 Å². The molecule has 0 aromatic carbocycles. The molecule has 1 heterocycles. The molecule has 0 saturated carbocycles. The number of nitrogens with zero attached hydrogens (tertiary/aromatic N) is 3. The summed E-state index contributed by atoms with van der Waals surface area (Å²) in [6.45, 7) is 4.91. The standard InChI is InChI=1S/C10H13ClIN3/c1-4-15(3)6-13-9-5-8(12)10(11)14-7(9)2/h5-6H,4H2,1-3H3. The highest BCUT2D eigenvalue weighted by atomic mass is 127. The van der Waals surface area contributed by atoms with Gasteiger partial charge in [0.25, 0.3) is 0 Å². The monoisotopic (exact) mass is 337 g/mol. The van der Waals surface area contributed by atoms with Gasteiger partial charge in [0.15, 0.2) is 0 Å². The highest BCUT2D eigenvalue weighted by molar-refractivity contribution is 14.1. The molecule has 0 aliphatic rings. The Morgan fingerprint density at radius 1 is 1.67 bits per heavy atom. The number of hydrogen-bond donors (Lipinski definition) is 0. The van der Waals surface area contributed by atoms with Crippen LogP contribution in [0.1, 0.15) is 12.6 Å². The summed E-state index contributed by atoms with van der Waals surface area (Å²) in [6, 6.07) is 1.94. The van der Waals surface area contributed by atoms with E-state index in [-0.39, 0.29) is 0 Å². The van der Waals surface area contributed by atoms with Crippen LogP contribution >= 0.6 is 34.2 Å². The second-order valence-electron chi connectivity index (χ2n) is 3.18. The SMILES string of the molecule is CCN(C)C=Nc1cc(I)c(Cl)nc1C. The smallest absolute Gasteiger partial charge is 0.142 e. The summed E-state index contributed by atoms with van der Waals surface area (Å²) < 4.78 is 0.922. The Bertz CT molecular complexity index is 379. The van der Waals surface area contributed by atoms with Crippen molar-refractivity contribution in [1.82, 2.24) is 9.88 Å². The van der Waals surface area contributed by atoms with E-state index in [4.69, 9.17) is 11.6 Å². The van der Waals surface area contributed by atoms with Gasteiger partial charge in [-0.3, -0.25) is 0 Å². The van der Waals surface area contributed by atoms with Crippen molar-refractivity contribution in [2.24, 2.45) is 4.99 Å². The molecule has 1 aromatic rings. The van der Waals surface area contributed by atoms with Crippen LogP contribution in [0.3, 0.4) is 0 Å². The van der Waals surface area contributed by atoms with Gasteiger partial charge in [-0.2, -0.15) is 0 Å². The molecule has 1 rings (SSSR count). The largest absolute Gasteiger partial charge is 0.366 e. The van der Waals surface area contributed by atoms with Gasteiger partial charge in [-0.15, -0.1) is 0 Å². The third kappa shape index (κ3) is 3.61. The second-order valence-corrected chi connectivity index (χ2v) is 4.70. The van der Waals surface area contributed by atoms with E-state index >= 15 is 0 Å².